The predicted octanol–water partition coefficient (Wildman–Crippen LogP) is 6.56. The number of para-hydroxylation sites is 2. The topological polar surface area (TPSA) is 118 Å². The Morgan fingerprint density at radius 2 is 1.39 bits per heavy atom. The van der Waals surface area contributed by atoms with Gasteiger partial charge in [-0.15, -0.1) is 0 Å². The van der Waals surface area contributed by atoms with E-state index in [9.17, 15) is 9.59 Å². The second kappa shape index (κ2) is 13.7. The second-order valence-electron chi connectivity index (χ2n) is 11.9. The lowest BCUT2D eigenvalue weighted by Crippen LogP contribution is -2.42. The van der Waals surface area contributed by atoms with Crippen molar-refractivity contribution in [3.05, 3.63) is 131 Å². The van der Waals surface area contributed by atoms with Gasteiger partial charge in [-0.05, 0) is 72.5 Å². The fourth-order valence-electron chi connectivity index (χ4n) is 6.52. The van der Waals surface area contributed by atoms with E-state index in [0.29, 0.717) is 58.7 Å². The van der Waals surface area contributed by atoms with Crippen LogP contribution in [-0.2, 0) is 12.8 Å². The van der Waals surface area contributed by atoms with Gasteiger partial charge in [0.15, 0.2) is 5.75 Å². The van der Waals surface area contributed by atoms with Crippen molar-refractivity contribution in [2.24, 2.45) is 5.73 Å². The van der Waals surface area contributed by atoms with E-state index in [1.165, 1.54) is 5.56 Å². The molecule has 0 radical (unpaired) electrons. The van der Waals surface area contributed by atoms with Crippen molar-refractivity contribution in [2.45, 2.75) is 18.9 Å². The summed E-state index contributed by atoms with van der Waals surface area (Å²) in [5.41, 5.74) is 14.6. The van der Waals surface area contributed by atoms with Crippen LogP contribution in [0.5, 0.6) is 28.7 Å². The molecule has 1 atom stereocenters. The standard InChI is InChI=1S/C39H37N5O5/c1-41-35-23-30(15-16-34(35)39(46)43-18-17-25-7-3-5-9-36(25)43)48-32-20-31(21-33(22-32)49-42-2)47-29-13-11-26(12-14-29)38(45)44-28(24-40)19-27-8-4-6-10-37(27)44/h3-16,20-23,28,41-42H,17-19,24,40H2,1-2H3/t28-/m0/s1. The minimum absolute atomic E-state index is 0.0712. The summed E-state index contributed by atoms with van der Waals surface area (Å²) in [6.45, 7) is 1.02. The molecule has 5 aromatic carbocycles. The summed E-state index contributed by atoms with van der Waals surface area (Å²) in [5.74, 6) is 2.28. The highest BCUT2D eigenvalue weighted by Gasteiger charge is 2.33. The van der Waals surface area contributed by atoms with Gasteiger partial charge in [-0.2, -0.15) is 5.48 Å². The van der Waals surface area contributed by atoms with Crippen LogP contribution in [0.25, 0.3) is 0 Å². The normalized spacial score (nSPS) is 14.6. The Balaban J connectivity index is 1.08. The summed E-state index contributed by atoms with van der Waals surface area (Å²) in [4.78, 5) is 36.3. The lowest BCUT2D eigenvalue weighted by atomic mass is 10.1. The van der Waals surface area contributed by atoms with Crippen molar-refractivity contribution in [3.8, 4) is 28.7 Å². The number of nitrogens with two attached hydrogens (primary N) is 1. The molecular weight excluding hydrogens is 618 g/mol. The Morgan fingerprint density at radius 3 is 2.10 bits per heavy atom. The van der Waals surface area contributed by atoms with E-state index < -0.39 is 0 Å². The number of anilines is 3. The first-order valence-electron chi connectivity index (χ1n) is 16.2. The molecule has 248 valence electrons. The fourth-order valence-corrected chi connectivity index (χ4v) is 6.52. The highest BCUT2D eigenvalue weighted by molar-refractivity contribution is 6.11. The van der Waals surface area contributed by atoms with Crippen molar-refractivity contribution in [2.75, 3.05) is 42.3 Å². The first-order valence-corrected chi connectivity index (χ1v) is 16.2. The zero-order chi connectivity index (χ0) is 33.9. The van der Waals surface area contributed by atoms with E-state index >= 15 is 0 Å². The Morgan fingerprint density at radius 1 is 0.735 bits per heavy atom. The number of hydroxylamine groups is 1. The maximum Gasteiger partial charge on any atom is 0.260 e. The average molecular weight is 656 g/mol. The van der Waals surface area contributed by atoms with Crippen molar-refractivity contribution >= 4 is 28.9 Å². The molecule has 10 heteroatoms. The number of nitrogens with one attached hydrogen (secondary N) is 2. The number of nitrogens with zero attached hydrogens (tertiary/aromatic N) is 2. The molecule has 0 fully saturated rings. The molecular formula is C39H37N5O5. The van der Waals surface area contributed by atoms with Gasteiger partial charge < -0.3 is 35.2 Å². The zero-order valence-electron chi connectivity index (χ0n) is 27.3. The lowest BCUT2D eigenvalue weighted by Gasteiger charge is -2.24. The highest BCUT2D eigenvalue weighted by Crippen LogP contribution is 2.37. The smallest absolute Gasteiger partial charge is 0.260 e. The molecule has 0 saturated carbocycles. The van der Waals surface area contributed by atoms with Crippen LogP contribution in [0.2, 0.25) is 0 Å². The number of hydrogen-bond donors (Lipinski definition) is 3. The summed E-state index contributed by atoms with van der Waals surface area (Å²) >= 11 is 0. The number of benzene rings is 5. The van der Waals surface area contributed by atoms with E-state index in [1.54, 1.807) is 79.7 Å². The average Bonchev–Trinajstić information content (AvgIpc) is 3.73. The molecule has 0 aromatic heterocycles. The lowest BCUT2D eigenvalue weighted by molar-refractivity contribution is 0.0976. The highest BCUT2D eigenvalue weighted by atomic mass is 16.6. The van der Waals surface area contributed by atoms with Crippen LogP contribution < -0.4 is 40.6 Å². The molecule has 7 rings (SSSR count). The molecule has 2 amide bonds. The Labute approximate surface area is 285 Å². The molecule has 10 nitrogen and oxygen atoms in total. The summed E-state index contributed by atoms with van der Waals surface area (Å²) in [6, 6.07) is 33.4. The molecule has 2 aliphatic rings. The van der Waals surface area contributed by atoms with Crippen LogP contribution in [-0.4, -0.2) is 45.0 Å². The Kier molecular flexibility index (Phi) is 8.89. The predicted molar refractivity (Wildman–Crippen MR) is 190 cm³/mol. The van der Waals surface area contributed by atoms with E-state index in [1.807, 2.05) is 47.4 Å². The SMILES string of the molecule is CNOc1cc(Oc2ccc(C(=O)N3c4ccccc4C[C@H]3CN)cc2)cc(Oc2ccc(C(=O)N3CCc4ccccc43)c(NC)c2)c1. The summed E-state index contributed by atoms with van der Waals surface area (Å²) in [7, 11) is 3.44. The largest absolute Gasteiger partial charge is 0.457 e. The van der Waals surface area contributed by atoms with Crippen molar-refractivity contribution in [1.29, 1.82) is 0 Å². The van der Waals surface area contributed by atoms with Gasteiger partial charge in [-0.3, -0.25) is 9.59 Å². The fraction of sp³-hybridized carbons (Fsp3) is 0.179. The third-order valence-corrected chi connectivity index (χ3v) is 8.83. The van der Waals surface area contributed by atoms with Crippen LogP contribution in [0.15, 0.2) is 109 Å². The minimum atomic E-state index is -0.106. The Bertz CT molecular complexity index is 2010. The molecule has 5 aromatic rings. The summed E-state index contributed by atoms with van der Waals surface area (Å²) in [6.07, 6.45) is 1.57. The van der Waals surface area contributed by atoms with Gasteiger partial charge in [-0.1, -0.05) is 36.4 Å². The number of ether oxygens (including phenoxy) is 2. The maximum absolute atomic E-state index is 13.6. The number of fused-ring (bicyclic) bond motifs is 2. The van der Waals surface area contributed by atoms with Crippen LogP contribution >= 0.6 is 0 Å². The van der Waals surface area contributed by atoms with Gasteiger partial charge in [0.1, 0.15) is 23.0 Å². The van der Waals surface area contributed by atoms with E-state index in [4.69, 9.17) is 20.0 Å². The number of hydrogen-bond acceptors (Lipinski definition) is 8. The number of rotatable bonds is 10. The van der Waals surface area contributed by atoms with Crippen LogP contribution in [0.3, 0.4) is 0 Å². The molecule has 2 aliphatic heterocycles. The van der Waals surface area contributed by atoms with Gasteiger partial charge in [0.05, 0.1) is 17.3 Å². The molecule has 49 heavy (non-hydrogen) atoms. The van der Waals surface area contributed by atoms with Gasteiger partial charge in [0, 0.05) is 68.4 Å². The van der Waals surface area contributed by atoms with E-state index in [2.05, 4.69) is 16.9 Å². The summed E-state index contributed by atoms with van der Waals surface area (Å²) in [5, 5.41) is 3.15. The zero-order valence-corrected chi connectivity index (χ0v) is 27.3. The second-order valence-corrected chi connectivity index (χ2v) is 11.9. The molecule has 0 spiro atoms. The monoisotopic (exact) mass is 655 g/mol. The molecule has 0 saturated heterocycles. The third kappa shape index (κ3) is 6.39. The minimum Gasteiger partial charge on any atom is -0.457 e. The van der Waals surface area contributed by atoms with E-state index in [-0.39, 0.29) is 17.9 Å². The maximum atomic E-state index is 13.6. The van der Waals surface area contributed by atoms with Crippen LogP contribution in [0.4, 0.5) is 17.1 Å². The first kappa shape index (κ1) is 31.7. The van der Waals surface area contributed by atoms with Gasteiger partial charge in [-0.25, -0.2) is 0 Å². The summed E-state index contributed by atoms with van der Waals surface area (Å²) < 4.78 is 12.4. The number of carbonyl (C=O) groups is 2. The number of carbonyl (C=O) groups excluding carboxylic acids is 2. The van der Waals surface area contributed by atoms with Crippen molar-refractivity contribution in [1.82, 2.24) is 5.48 Å². The van der Waals surface area contributed by atoms with Crippen molar-refractivity contribution < 1.29 is 23.9 Å². The molecule has 0 unspecified atom stereocenters. The molecule has 4 N–H and O–H groups in total. The van der Waals surface area contributed by atoms with Gasteiger partial charge in [0.25, 0.3) is 11.8 Å². The molecule has 0 bridgehead atoms. The molecule has 2 heterocycles. The first-order chi connectivity index (χ1) is 23.9. The van der Waals surface area contributed by atoms with Crippen molar-refractivity contribution in [3.63, 3.8) is 0 Å². The Hall–Kier alpha value is -5.84. The van der Waals surface area contributed by atoms with Crippen LogP contribution in [0, 0.1) is 0 Å². The van der Waals surface area contributed by atoms with Crippen LogP contribution in [0.1, 0.15) is 31.8 Å². The number of amides is 2. The third-order valence-electron chi connectivity index (χ3n) is 8.83. The van der Waals surface area contributed by atoms with E-state index in [0.717, 1.165) is 29.8 Å². The quantitative estimate of drug-likeness (QED) is 0.145. The van der Waals surface area contributed by atoms with Gasteiger partial charge >= 0.3 is 0 Å². The van der Waals surface area contributed by atoms with Gasteiger partial charge in [0.2, 0.25) is 0 Å². The molecule has 0 aliphatic carbocycles.